The fraction of sp³-hybridized carbons (Fsp3) is 0.500. The molecule has 4 amide bonds. The molecule has 3 rings (SSSR count). The maximum Gasteiger partial charge on any atom is 0.262 e. The first-order valence-corrected chi connectivity index (χ1v) is 9.67. The third kappa shape index (κ3) is 4.80. The van der Waals surface area contributed by atoms with E-state index >= 15 is 0 Å². The third-order valence-electron chi connectivity index (χ3n) is 4.63. The van der Waals surface area contributed by atoms with Crippen LogP contribution in [0.3, 0.4) is 0 Å². The summed E-state index contributed by atoms with van der Waals surface area (Å²) in [6.45, 7) is 4.39. The standard InChI is InChI=1S/C20H24N2O7/c1-2-7-27-8-9-28-10-11-29-13-3-4-14-15(12-13)20(26)22(19(14)25)16-5-6-17(23)21-18(16)24/h3-4,12,16H,2,5-11H2,1H3,(H,21,23,24). The molecule has 0 radical (unpaired) electrons. The van der Waals surface area contributed by atoms with Crippen LogP contribution in [0, 0.1) is 0 Å². The Balaban J connectivity index is 1.55. The average molecular weight is 404 g/mol. The lowest BCUT2D eigenvalue weighted by molar-refractivity contribution is -0.136. The number of carbonyl (C=O) groups excluding carboxylic acids is 4. The van der Waals surface area contributed by atoms with Gasteiger partial charge in [-0.3, -0.25) is 29.4 Å². The van der Waals surface area contributed by atoms with Crippen molar-refractivity contribution in [3.8, 4) is 5.75 Å². The van der Waals surface area contributed by atoms with Crippen LogP contribution in [0.25, 0.3) is 0 Å². The highest BCUT2D eigenvalue weighted by Crippen LogP contribution is 2.30. The molecule has 1 N–H and O–H groups in total. The zero-order valence-electron chi connectivity index (χ0n) is 16.3. The molecular weight excluding hydrogens is 380 g/mol. The molecule has 2 aliphatic rings. The minimum Gasteiger partial charge on any atom is -0.491 e. The van der Waals surface area contributed by atoms with Crippen LogP contribution in [0.1, 0.15) is 46.9 Å². The van der Waals surface area contributed by atoms with E-state index in [0.717, 1.165) is 11.3 Å². The summed E-state index contributed by atoms with van der Waals surface area (Å²) in [4.78, 5) is 49.7. The Hall–Kier alpha value is -2.78. The summed E-state index contributed by atoms with van der Waals surface area (Å²) < 4.78 is 16.3. The molecular formula is C20H24N2O7. The third-order valence-corrected chi connectivity index (χ3v) is 4.63. The first kappa shape index (κ1) is 20.9. The lowest BCUT2D eigenvalue weighted by atomic mass is 10.0. The van der Waals surface area contributed by atoms with E-state index in [9.17, 15) is 19.2 Å². The normalized spacial score (nSPS) is 18.8. The predicted octanol–water partition coefficient (Wildman–Crippen LogP) is 0.910. The van der Waals surface area contributed by atoms with E-state index in [2.05, 4.69) is 5.32 Å². The van der Waals surface area contributed by atoms with Crippen molar-refractivity contribution in [2.45, 2.75) is 32.2 Å². The minimum absolute atomic E-state index is 0.0850. The van der Waals surface area contributed by atoms with Crippen LogP contribution in [0.15, 0.2) is 18.2 Å². The number of nitrogens with zero attached hydrogens (tertiary/aromatic N) is 1. The van der Waals surface area contributed by atoms with E-state index in [1.807, 2.05) is 6.92 Å². The topological polar surface area (TPSA) is 111 Å². The molecule has 0 aliphatic carbocycles. The van der Waals surface area contributed by atoms with Gasteiger partial charge in [-0.2, -0.15) is 0 Å². The summed E-state index contributed by atoms with van der Waals surface area (Å²) in [5.41, 5.74) is 0.405. The highest BCUT2D eigenvalue weighted by atomic mass is 16.5. The number of hydrogen-bond acceptors (Lipinski definition) is 7. The van der Waals surface area contributed by atoms with Crippen molar-refractivity contribution in [2.75, 3.05) is 33.0 Å². The molecule has 1 saturated heterocycles. The lowest BCUT2D eigenvalue weighted by Crippen LogP contribution is -2.54. The number of imide groups is 2. The van der Waals surface area contributed by atoms with Crippen molar-refractivity contribution in [2.24, 2.45) is 0 Å². The number of carbonyl (C=O) groups is 4. The number of nitrogens with one attached hydrogen (secondary N) is 1. The molecule has 0 aromatic heterocycles. The number of rotatable bonds is 10. The predicted molar refractivity (Wildman–Crippen MR) is 101 cm³/mol. The fourth-order valence-corrected chi connectivity index (χ4v) is 3.22. The van der Waals surface area contributed by atoms with Crippen molar-refractivity contribution < 1.29 is 33.4 Å². The number of amides is 4. The van der Waals surface area contributed by atoms with E-state index < -0.39 is 29.7 Å². The maximum absolute atomic E-state index is 12.7. The van der Waals surface area contributed by atoms with Crippen LogP contribution in [-0.2, 0) is 19.1 Å². The second-order valence-corrected chi connectivity index (χ2v) is 6.73. The highest BCUT2D eigenvalue weighted by molar-refractivity contribution is 6.23. The number of piperidine rings is 1. The van der Waals surface area contributed by atoms with Crippen molar-refractivity contribution >= 4 is 23.6 Å². The summed E-state index contributed by atoms with van der Waals surface area (Å²) in [5, 5.41) is 2.17. The largest absolute Gasteiger partial charge is 0.491 e. The van der Waals surface area contributed by atoms with E-state index in [4.69, 9.17) is 14.2 Å². The van der Waals surface area contributed by atoms with E-state index in [1.165, 1.54) is 12.1 Å². The van der Waals surface area contributed by atoms with E-state index in [1.54, 1.807) is 6.07 Å². The van der Waals surface area contributed by atoms with Gasteiger partial charge >= 0.3 is 0 Å². The Kier molecular flexibility index (Phi) is 6.95. The SMILES string of the molecule is CCCOCCOCCOc1ccc2c(c1)C(=O)N(C1CCC(=O)NC1=O)C2=O. The zero-order chi connectivity index (χ0) is 20.8. The minimum atomic E-state index is -0.979. The molecule has 1 aromatic carbocycles. The summed E-state index contributed by atoms with van der Waals surface area (Å²) in [6.07, 6.45) is 1.17. The molecule has 29 heavy (non-hydrogen) atoms. The molecule has 1 aromatic rings. The molecule has 0 bridgehead atoms. The average Bonchev–Trinajstić information content (AvgIpc) is 2.94. The van der Waals surface area contributed by atoms with Gasteiger partial charge in [0.2, 0.25) is 11.8 Å². The lowest BCUT2D eigenvalue weighted by Gasteiger charge is -2.27. The van der Waals surface area contributed by atoms with Gasteiger partial charge in [0.25, 0.3) is 11.8 Å². The van der Waals surface area contributed by atoms with Crippen molar-refractivity contribution in [3.05, 3.63) is 29.3 Å². The Morgan fingerprint density at radius 3 is 2.38 bits per heavy atom. The fourth-order valence-electron chi connectivity index (χ4n) is 3.22. The zero-order valence-corrected chi connectivity index (χ0v) is 16.3. The second-order valence-electron chi connectivity index (χ2n) is 6.73. The summed E-state index contributed by atoms with van der Waals surface area (Å²) in [7, 11) is 0. The van der Waals surface area contributed by atoms with Crippen LogP contribution in [-0.4, -0.2) is 67.6 Å². The van der Waals surface area contributed by atoms with Gasteiger partial charge in [0.1, 0.15) is 18.4 Å². The molecule has 0 saturated carbocycles. The molecule has 0 spiro atoms. The van der Waals surface area contributed by atoms with E-state index in [-0.39, 0.29) is 30.6 Å². The first-order valence-electron chi connectivity index (χ1n) is 9.67. The Morgan fingerprint density at radius 1 is 0.966 bits per heavy atom. The number of ether oxygens (including phenoxy) is 3. The van der Waals surface area contributed by atoms with Crippen LogP contribution < -0.4 is 10.1 Å². The summed E-state index contributed by atoms with van der Waals surface area (Å²) in [5.74, 6) is -1.71. The van der Waals surface area contributed by atoms with Crippen LogP contribution in [0.5, 0.6) is 5.75 Å². The summed E-state index contributed by atoms with van der Waals surface area (Å²) >= 11 is 0. The van der Waals surface area contributed by atoms with E-state index in [0.29, 0.717) is 32.2 Å². The van der Waals surface area contributed by atoms with Crippen molar-refractivity contribution in [1.82, 2.24) is 10.2 Å². The Labute approximate surface area is 168 Å². The molecule has 1 unspecified atom stereocenters. The Morgan fingerprint density at radius 2 is 1.66 bits per heavy atom. The Bertz CT molecular complexity index is 808. The van der Waals surface area contributed by atoms with Gasteiger partial charge in [0, 0.05) is 13.0 Å². The van der Waals surface area contributed by atoms with Gasteiger partial charge in [-0.05, 0) is 31.0 Å². The smallest absolute Gasteiger partial charge is 0.262 e. The van der Waals surface area contributed by atoms with Gasteiger partial charge in [-0.25, -0.2) is 0 Å². The van der Waals surface area contributed by atoms with Gasteiger partial charge in [0.15, 0.2) is 0 Å². The molecule has 156 valence electrons. The van der Waals surface area contributed by atoms with Gasteiger partial charge < -0.3 is 14.2 Å². The van der Waals surface area contributed by atoms with Gasteiger partial charge in [0.05, 0.1) is 30.9 Å². The van der Waals surface area contributed by atoms with Crippen LogP contribution in [0.4, 0.5) is 0 Å². The molecule has 2 heterocycles. The monoisotopic (exact) mass is 404 g/mol. The molecule has 9 nitrogen and oxygen atoms in total. The molecule has 2 aliphatic heterocycles. The van der Waals surface area contributed by atoms with Gasteiger partial charge in [-0.15, -0.1) is 0 Å². The molecule has 1 atom stereocenters. The second kappa shape index (κ2) is 9.62. The number of benzene rings is 1. The van der Waals surface area contributed by atoms with Crippen LogP contribution >= 0.6 is 0 Å². The molecule has 1 fully saturated rings. The first-order chi connectivity index (χ1) is 14.0. The maximum atomic E-state index is 12.7. The number of fused-ring (bicyclic) bond motifs is 1. The highest BCUT2D eigenvalue weighted by Gasteiger charge is 2.44. The molecule has 9 heteroatoms. The van der Waals surface area contributed by atoms with Crippen molar-refractivity contribution in [1.29, 1.82) is 0 Å². The number of hydrogen-bond donors (Lipinski definition) is 1. The quantitative estimate of drug-likeness (QED) is 0.456. The van der Waals surface area contributed by atoms with Gasteiger partial charge in [-0.1, -0.05) is 6.92 Å². The van der Waals surface area contributed by atoms with Crippen LogP contribution in [0.2, 0.25) is 0 Å². The summed E-state index contributed by atoms with van der Waals surface area (Å²) in [6, 6.07) is 3.62. The van der Waals surface area contributed by atoms with Crippen molar-refractivity contribution in [3.63, 3.8) is 0 Å².